The van der Waals surface area contributed by atoms with E-state index in [9.17, 15) is 4.79 Å². The zero-order chi connectivity index (χ0) is 20.5. The smallest absolute Gasteiger partial charge is 0.263 e. The van der Waals surface area contributed by atoms with Crippen molar-refractivity contribution in [2.24, 2.45) is 0 Å². The summed E-state index contributed by atoms with van der Waals surface area (Å²) in [7, 11) is 0. The summed E-state index contributed by atoms with van der Waals surface area (Å²) in [6, 6.07) is 13.3. The zero-order valence-corrected chi connectivity index (χ0v) is 17.0. The molecule has 1 N–H and O–H groups in total. The van der Waals surface area contributed by atoms with E-state index in [1.54, 1.807) is 33.1 Å². The number of anilines is 1. The summed E-state index contributed by atoms with van der Waals surface area (Å²) in [4.78, 5) is 22.3. The SMILES string of the molecule is O=C(Nc1ncn(Cc2ccccc2Cl)n1)c1cnn2c(-c3cccs3)ccnc12. The van der Waals surface area contributed by atoms with Crippen LogP contribution in [0.2, 0.25) is 5.02 Å². The highest BCUT2D eigenvalue weighted by atomic mass is 35.5. The van der Waals surface area contributed by atoms with Crippen LogP contribution in [0.5, 0.6) is 0 Å². The van der Waals surface area contributed by atoms with Gasteiger partial charge in [0.15, 0.2) is 5.65 Å². The highest BCUT2D eigenvalue weighted by molar-refractivity contribution is 7.13. The zero-order valence-electron chi connectivity index (χ0n) is 15.4. The first-order valence-electron chi connectivity index (χ1n) is 9.00. The molecule has 8 nitrogen and oxygen atoms in total. The first-order valence-corrected chi connectivity index (χ1v) is 10.3. The molecule has 0 saturated heterocycles. The Hall–Kier alpha value is -3.56. The molecule has 5 rings (SSSR count). The van der Waals surface area contributed by atoms with Crippen LogP contribution in [-0.2, 0) is 6.54 Å². The molecule has 5 aromatic rings. The van der Waals surface area contributed by atoms with Gasteiger partial charge in [-0.15, -0.1) is 16.4 Å². The lowest BCUT2D eigenvalue weighted by Crippen LogP contribution is -2.14. The summed E-state index contributed by atoms with van der Waals surface area (Å²) in [5, 5.41) is 14.0. The van der Waals surface area contributed by atoms with Crippen molar-refractivity contribution < 1.29 is 4.79 Å². The molecule has 0 radical (unpaired) electrons. The molecule has 0 unspecified atom stereocenters. The van der Waals surface area contributed by atoms with Crippen LogP contribution in [0.25, 0.3) is 16.2 Å². The van der Waals surface area contributed by atoms with E-state index < -0.39 is 0 Å². The minimum absolute atomic E-state index is 0.195. The van der Waals surface area contributed by atoms with Crippen LogP contribution in [0.15, 0.2) is 66.6 Å². The Morgan fingerprint density at radius 1 is 1.13 bits per heavy atom. The molecule has 30 heavy (non-hydrogen) atoms. The molecule has 148 valence electrons. The van der Waals surface area contributed by atoms with Crippen LogP contribution >= 0.6 is 22.9 Å². The topological polar surface area (TPSA) is 90.0 Å². The van der Waals surface area contributed by atoms with Crippen molar-refractivity contribution in [1.29, 1.82) is 0 Å². The molecule has 0 aliphatic carbocycles. The number of benzene rings is 1. The fraction of sp³-hybridized carbons (Fsp3) is 0.0500. The van der Waals surface area contributed by atoms with Crippen LogP contribution in [0, 0.1) is 0 Å². The van der Waals surface area contributed by atoms with E-state index >= 15 is 0 Å². The summed E-state index contributed by atoms with van der Waals surface area (Å²) in [6.07, 6.45) is 4.71. The van der Waals surface area contributed by atoms with E-state index in [2.05, 4.69) is 25.5 Å². The number of nitrogens with one attached hydrogen (secondary N) is 1. The lowest BCUT2D eigenvalue weighted by molar-refractivity contribution is 0.102. The molecule has 1 amide bonds. The Bertz CT molecular complexity index is 1340. The predicted octanol–water partition coefficient (Wildman–Crippen LogP) is 4.00. The number of thiophene rings is 1. The van der Waals surface area contributed by atoms with E-state index in [0.717, 1.165) is 16.1 Å². The summed E-state index contributed by atoms with van der Waals surface area (Å²) < 4.78 is 3.27. The van der Waals surface area contributed by atoms with E-state index in [1.165, 1.54) is 6.20 Å². The monoisotopic (exact) mass is 435 g/mol. The Morgan fingerprint density at radius 3 is 2.87 bits per heavy atom. The predicted molar refractivity (Wildman–Crippen MR) is 115 cm³/mol. The van der Waals surface area contributed by atoms with Crippen molar-refractivity contribution in [3.8, 4) is 10.6 Å². The highest BCUT2D eigenvalue weighted by Gasteiger charge is 2.18. The van der Waals surface area contributed by atoms with Crippen LogP contribution < -0.4 is 5.32 Å². The maximum absolute atomic E-state index is 12.8. The van der Waals surface area contributed by atoms with Crippen LogP contribution in [0.4, 0.5) is 5.95 Å². The average Bonchev–Trinajstić information content (AvgIpc) is 3.50. The van der Waals surface area contributed by atoms with Gasteiger partial charge in [0.05, 0.1) is 23.3 Å². The van der Waals surface area contributed by atoms with Crippen molar-refractivity contribution in [3.05, 3.63) is 82.7 Å². The fourth-order valence-corrected chi connectivity index (χ4v) is 3.99. The van der Waals surface area contributed by atoms with Gasteiger partial charge in [0.25, 0.3) is 5.91 Å². The first kappa shape index (κ1) is 18.5. The number of nitrogens with zero attached hydrogens (tertiary/aromatic N) is 6. The number of fused-ring (bicyclic) bond motifs is 1. The van der Waals surface area contributed by atoms with Gasteiger partial charge in [0.2, 0.25) is 5.95 Å². The van der Waals surface area contributed by atoms with E-state index in [0.29, 0.717) is 22.8 Å². The summed E-state index contributed by atoms with van der Waals surface area (Å²) >= 11 is 7.79. The summed E-state index contributed by atoms with van der Waals surface area (Å²) in [6.45, 7) is 0.449. The second kappa shape index (κ2) is 7.69. The van der Waals surface area contributed by atoms with Gasteiger partial charge in [-0.25, -0.2) is 19.2 Å². The number of aromatic nitrogens is 6. The van der Waals surface area contributed by atoms with E-state index in [4.69, 9.17) is 11.6 Å². The van der Waals surface area contributed by atoms with E-state index in [-0.39, 0.29) is 11.9 Å². The Labute approximate surface area is 179 Å². The lowest BCUT2D eigenvalue weighted by atomic mass is 10.2. The minimum atomic E-state index is -0.378. The maximum atomic E-state index is 12.8. The molecular weight excluding hydrogens is 422 g/mol. The Morgan fingerprint density at radius 2 is 2.03 bits per heavy atom. The van der Waals surface area contributed by atoms with Crippen molar-refractivity contribution in [1.82, 2.24) is 29.4 Å². The number of carbonyl (C=O) groups is 1. The third-order valence-corrected chi connectivity index (χ3v) is 5.73. The van der Waals surface area contributed by atoms with Gasteiger partial charge in [-0.1, -0.05) is 35.9 Å². The molecule has 1 aromatic carbocycles. The summed E-state index contributed by atoms with van der Waals surface area (Å²) in [5.74, 6) is -0.183. The lowest BCUT2D eigenvalue weighted by Gasteiger charge is -2.03. The molecule has 0 aliphatic rings. The van der Waals surface area contributed by atoms with Gasteiger partial charge in [0, 0.05) is 11.2 Å². The number of amides is 1. The molecule has 0 saturated carbocycles. The highest BCUT2D eigenvalue weighted by Crippen LogP contribution is 2.25. The normalized spacial score (nSPS) is 11.1. The van der Waals surface area contributed by atoms with Gasteiger partial charge < -0.3 is 0 Å². The van der Waals surface area contributed by atoms with Crippen LogP contribution in [0.3, 0.4) is 0 Å². The molecule has 10 heteroatoms. The van der Waals surface area contributed by atoms with Gasteiger partial charge in [0.1, 0.15) is 11.9 Å². The van der Waals surface area contributed by atoms with Gasteiger partial charge in [-0.3, -0.25) is 10.1 Å². The largest absolute Gasteiger partial charge is 0.289 e. The molecule has 0 bridgehead atoms. The third-order valence-electron chi connectivity index (χ3n) is 4.47. The second-order valence-corrected chi connectivity index (χ2v) is 7.77. The van der Waals surface area contributed by atoms with E-state index in [1.807, 2.05) is 47.8 Å². The van der Waals surface area contributed by atoms with Gasteiger partial charge in [-0.2, -0.15) is 5.10 Å². The quantitative estimate of drug-likeness (QED) is 0.450. The molecule has 0 spiro atoms. The van der Waals surface area contributed by atoms with Crippen molar-refractivity contribution in [3.63, 3.8) is 0 Å². The molecule has 4 heterocycles. The standard InChI is InChI=1S/C20H14ClN7OS/c21-15-5-2-1-4-13(15)11-27-12-23-20(26-27)25-19(29)14-10-24-28-16(7-8-22-18(14)28)17-6-3-9-30-17/h1-10,12H,11H2,(H,25,26,29). The number of hydrogen-bond donors (Lipinski definition) is 1. The molecule has 0 fully saturated rings. The van der Waals surface area contributed by atoms with Gasteiger partial charge >= 0.3 is 0 Å². The number of rotatable bonds is 5. The molecule has 0 aliphatic heterocycles. The van der Waals surface area contributed by atoms with Gasteiger partial charge in [-0.05, 0) is 29.1 Å². The number of carbonyl (C=O) groups excluding carboxylic acids is 1. The van der Waals surface area contributed by atoms with Crippen LogP contribution in [-0.4, -0.2) is 35.3 Å². The van der Waals surface area contributed by atoms with Crippen LogP contribution in [0.1, 0.15) is 15.9 Å². The summed E-state index contributed by atoms with van der Waals surface area (Å²) in [5.41, 5.74) is 2.59. The number of hydrogen-bond acceptors (Lipinski definition) is 6. The fourth-order valence-electron chi connectivity index (χ4n) is 3.06. The first-order chi connectivity index (χ1) is 14.7. The van der Waals surface area contributed by atoms with Crippen molar-refractivity contribution in [2.75, 3.05) is 5.32 Å². The maximum Gasteiger partial charge on any atom is 0.263 e. The van der Waals surface area contributed by atoms with Crippen molar-refractivity contribution >= 4 is 40.4 Å². The molecule has 4 aromatic heterocycles. The minimum Gasteiger partial charge on any atom is -0.289 e. The third kappa shape index (κ3) is 3.44. The molecule has 0 atom stereocenters. The molecular formula is C20H14ClN7OS. The second-order valence-electron chi connectivity index (χ2n) is 6.41. The Kier molecular flexibility index (Phi) is 4.74. The number of halogens is 1. The average molecular weight is 436 g/mol. The van der Waals surface area contributed by atoms with Crippen molar-refractivity contribution in [2.45, 2.75) is 6.54 Å². The Balaban J connectivity index is 1.38.